The average molecular weight is 453 g/mol. The Hall–Kier alpha value is -4.00. The van der Waals surface area contributed by atoms with Crippen LogP contribution in [0.2, 0.25) is 0 Å². The molecule has 5 rings (SSSR count). The molecule has 1 N–H and O–H groups in total. The smallest absolute Gasteiger partial charge is 0.303 e. The largest absolute Gasteiger partial charge is 0.328 e. The maximum absolute atomic E-state index is 12.9. The number of hydrogen-bond donors (Lipinski definition) is 1. The van der Waals surface area contributed by atoms with Crippen LogP contribution in [-0.4, -0.2) is 29.3 Å². The molecule has 0 saturated heterocycles. The summed E-state index contributed by atoms with van der Waals surface area (Å²) >= 11 is 0. The van der Waals surface area contributed by atoms with E-state index in [-0.39, 0.29) is 11.7 Å². The SMILES string of the molecule is Cc1cc(C)n(-c2ccc([C@@H](C)n3c(=O)[nH]c4cnc(-c5ccccc5C(C)C)nc43)cc2)n1. The Kier molecular flexibility index (Phi) is 5.40. The molecule has 7 heteroatoms. The summed E-state index contributed by atoms with van der Waals surface area (Å²) in [6.45, 7) is 10.3. The Morgan fingerprint density at radius 3 is 2.38 bits per heavy atom. The number of benzene rings is 2. The van der Waals surface area contributed by atoms with E-state index < -0.39 is 0 Å². The summed E-state index contributed by atoms with van der Waals surface area (Å²) < 4.78 is 3.63. The first-order valence-corrected chi connectivity index (χ1v) is 11.5. The lowest BCUT2D eigenvalue weighted by molar-refractivity contribution is 0.630. The lowest BCUT2D eigenvalue weighted by Gasteiger charge is -2.15. The van der Waals surface area contributed by atoms with Crippen LogP contribution in [0.1, 0.15) is 55.2 Å². The molecular weight excluding hydrogens is 424 g/mol. The van der Waals surface area contributed by atoms with E-state index in [1.54, 1.807) is 10.8 Å². The van der Waals surface area contributed by atoms with Gasteiger partial charge in [0.1, 0.15) is 5.52 Å². The summed E-state index contributed by atoms with van der Waals surface area (Å²) in [4.78, 5) is 25.2. The summed E-state index contributed by atoms with van der Waals surface area (Å²) in [5.41, 5.74) is 7.26. The molecule has 7 nitrogen and oxygen atoms in total. The number of nitrogens with one attached hydrogen (secondary N) is 1. The molecule has 0 spiro atoms. The third kappa shape index (κ3) is 3.73. The molecule has 0 fully saturated rings. The number of imidazole rings is 1. The molecule has 0 radical (unpaired) electrons. The van der Waals surface area contributed by atoms with E-state index >= 15 is 0 Å². The van der Waals surface area contributed by atoms with E-state index in [0.717, 1.165) is 28.2 Å². The van der Waals surface area contributed by atoms with Crippen molar-refractivity contribution in [3.05, 3.63) is 93.8 Å². The molecule has 172 valence electrons. The summed E-state index contributed by atoms with van der Waals surface area (Å²) in [7, 11) is 0. The highest BCUT2D eigenvalue weighted by molar-refractivity contribution is 5.74. The third-order valence-electron chi connectivity index (χ3n) is 6.30. The van der Waals surface area contributed by atoms with Crippen LogP contribution in [-0.2, 0) is 0 Å². The topological polar surface area (TPSA) is 81.4 Å². The van der Waals surface area contributed by atoms with Crippen LogP contribution in [0.15, 0.2) is 65.6 Å². The molecule has 0 unspecified atom stereocenters. The molecule has 0 aliphatic rings. The van der Waals surface area contributed by atoms with Gasteiger partial charge in [-0.1, -0.05) is 50.2 Å². The van der Waals surface area contributed by atoms with Crippen LogP contribution < -0.4 is 5.69 Å². The minimum Gasteiger partial charge on any atom is -0.303 e. The molecule has 34 heavy (non-hydrogen) atoms. The zero-order valence-corrected chi connectivity index (χ0v) is 20.1. The van der Waals surface area contributed by atoms with Gasteiger partial charge in [0.05, 0.1) is 23.6 Å². The second-order valence-electron chi connectivity index (χ2n) is 9.08. The Bertz CT molecular complexity index is 1540. The van der Waals surface area contributed by atoms with Gasteiger partial charge in [0, 0.05) is 11.3 Å². The summed E-state index contributed by atoms with van der Waals surface area (Å²) in [5, 5.41) is 4.56. The fourth-order valence-corrected chi connectivity index (χ4v) is 4.54. The van der Waals surface area contributed by atoms with Gasteiger partial charge in [0.15, 0.2) is 11.5 Å². The second kappa shape index (κ2) is 8.41. The lowest BCUT2D eigenvalue weighted by atomic mass is 9.97. The van der Waals surface area contributed by atoms with E-state index in [4.69, 9.17) is 4.98 Å². The Balaban J connectivity index is 1.56. The van der Waals surface area contributed by atoms with Gasteiger partial charge in [-0.05, 0) is 56.0 Å². The normalized spacial score (nSPS) is 12.5. The number of fused-ring (bicyclic) bond motifs is 1. The maximum atomic E-state index is 12.9. The first-order valence-electron chi connectivity index (χ1n) is 11.5. The monoisotopic (exact) mass is 452 g/mol. The van der Waals surface area contributed by atoms with E-state index in [9.17, 15) is 4.79 Å². The summed E-state index contributed by atoms with van der Waals surface area (Å²) in [6, 6.07) is 18.1. The van der Waals surface area contributed by atoms with Gasteiger partial charge in [-0.2, -0.15) is 5.10 Å². The van der Waals surface area contributed by atoms with E-state index in [1.807, 2.05) is 67.9 Å². The van der Waals surface area contributed by atoms with Crippen LogP contribution >= 0.6 is 0 Å². The zero-order valence-electron chi connectivity index (χ0n) is 20.1. The molecular formula is C27H28N6O. The third-order valence-corrected chi connectivity index (χ3v) is 6.30. The van der Waals surface area contributed by atoms with Crippen molar-refractivity contribution < 1.29 is 0 Å². The highest BCUT2D eigenvalue weighted by Gasteiger charge is 2.19. The van der Waals surface area contributed by atoms with Crippen LogP contribution in [0.3, 0.4) is 0 Å². The standard InChI is InChI=1S/C27H28N6O/c1-16(2)22-8-6-7-9-23(22)25-28-15-24-26(30-25)32(27(34)29-24)19(5)20-10-12-21(13-11-20)33-18(4)14-17(3)31-33/h6-16,19H,1-5H3,(H,29,34)/t19-/m1/s1. The van der Waals surface area contributed by atoms with Gasteiger partial charge < -0.3 is 4.98 Å². The predicted octanol–water partition coefficient (Wildman–Crippen LogP) is 5.32. The molecule has 3 heterocycles. The van der Waals surface area contributed by atoms with Gasteiger partial charge in [0.2, 0.25) is 0 Å². The molecule has 0 aliphatic heterocycles. The van der Waals surface area contributed by atoms with Crippen LogP contribution in [0.4, 0.5) is 0 Å². The van der Waals surface area contributed by atoms with Crippen LogP contribution in [0.5, 0.6) is 0 Å². The van der Waals surface area contributed by atoms with Crippen molar-refractivity contribution in [2.75, 3.05) is 0 Å². The van der Waals surface area contributed by atoms with E-state index in [0.29, 0.717) is 22.9 Å². The number of aryl methyl sites for hydroxylation is 2. The highest BCUT2D eigenvalue weighted by Crippen LogP contribution is 2.28. The van der Waals surface area contributed by atoms with Gasteiger partial charge >= 0.3 is 5.69 Å². The zero-order chi connectivity index (χ0) is 24.0. The number of H-pyrrole nitrogens is 1. The van der Waals surface area contributed by atoms with Crippen molar-refractivity contribution in [2.45, 2.75) is 46.6 Å². The van der Waals surface area contributed by atoms with E-state index in [1.165, 1.54) is 5.56 Å². The quantitative estimate of drug-likeness (QED) is 0.391. The van der Waals surface area contributed by atoms with Crippen molar-refractivity contribution in [3.63, 3.8) is 0 Å². The van der Waals surface area contributed by atoms with Crippen molar-refractivity contribution >= 4 is 11.2 Å². The molecule has 2 aromatic carbocycles. The minimum absolute atomic E-state index is 0.200. The molecule has 0 saturated carbocycles. The Morgan fingerprint density at radius 2 is 1.71 bits per heavy atom. The fraction of sp³-hybridized carbons (Fsp3) is 0.259. The number of rotatable bonds is 5. The molecule has 0 bridgehead atoms. The van der Waals surface area contributed by atoms with Crippen LogP contribution in [0.25, 0.3) is 28.2 Å². The Labute approximate surface area is 198 Å². The van der Waals surface area contributed by atoms with Crippen molar-refractivity contribution in [3.8, 4) is 17.1 Å². The summed E-state index contributed by atoms with van der Waals surface area (Å²) in [5.74, 6) is 0.959. The van der Waals surface area contributed by atoms with Crippen LogP contribution in [0, 0.1) is 13.8 Å². The number of hydrogen-bond acceptors (Lipinski definition) is 4. The van der Waals surface area contributed by atoms with Crippen molar-refractivity contribution in [1.29, 1.82) is 0 Å². The number of aromatic nitrogens is 6. The lowest BCUT2D eigenvalue weighted by Crippen LogP contribution is -2.21. The second-order valence-corrected chi connectivity index (χ2v) is 9.08. The van der Waals surface area contributed by atoms with Gasteiger partial charge in [-0.25, -0.2) is 19.4 Å². The van der Waals surface area contributed by atoms with E-state index in [2.05, 4.69) is 41.0 Å². The maximum Gasteiger partial charge on any atom is 0.328 e. The van der Waals surface area contributed by atoms with Crippen molar-refractivity contribution in [1.82, 2.24) is 29.3 Å². The molecule has 0 amide bonds. The predicted molar refractivity (Wildman–Crippen MR) is 135 cm³/mol. The first-order chi connectivity index (χ1) is 16.3. The molecule has 1 atom stereocenters. The van der Waals surface area contributed by atoms with Gasteiger partial charge in [-0.3, -0.25) is 4.57 Å². The summed E-state index contributed by atoms with van der Waals surface area (Å²) in [6.07, 6.45) is 1.70. The fourth-order valence-electron chi connectivity index (χ4n) is 4.54. The Morgan fingerprint density at radius 1 is 0.971 bits per heavy atom. The highest BCUT2D eigenvalue weighted by atomic mass is 16.1. The van der Waals surface area contributed by atoms with Crippen molar-refractivity contribution in [2.24, 2.45) is 0 Å². The minimum atomic E-state index is -0.209. The first kappa shape index (κ1) is 21.8. The molecule has 5 aromatic rings. The number of aromatic amines is 1. The average Bonchev–Trinajstić information content (AvgIpc) is 3.35. The van der Waals surface area contributed by atoms with Gasteiger partial charge in [0.25, 0.3) is 0 Å². The molecule has 0 aliphatic carbocycles. The van der Waals surface area contributed by atoms with Gasteiger partial charge in [-0.15, -0.1) is 0 Å². The molecule has 3 aromatic heterocycles. The number of nitrogens with zero attached hydrogens (tertiary/aromatic N) is 5.